The maximum absolute atomic E-state index is 4.89. The van der Waals surface area contributed by atoms with Crippen LogP contribution in [0.15, 0.2) is 58.5 Å². The average molecular weight is 348 g/mol. The maximum atomic E-state index is 4.89. The topological polar surface area (TPSA) is 36.8 Å². The Balaban J connectivity index is 1.75. The van der Waals surface area contributed by atoms with E-state index >= 15 is 0 Å². The lowest BCUT2D eigenvalue weighted by molar-refractivity contribution is 0.427. The fourth-order valence-electron chi connectivity index (χ4n) is 3.51. The van der Waals surface area contributed by atoms with Crippen molar-refractivity contribution >= 4 is 22.8 Å². The number of nitrogens with zero attached hydrogens (tertiary/aromatic N) is 2. The molecule has 0 spiro atoms. The summed E-state index contributed by atoms with van der Waals surface area (Å²) in [7, 11) is 0. The summed E-state index contributed by atoms with van der Waals surface area (Å²) < 4.78 is 0. The molecule has 136 valence electrons. The van der Waals surface area contributed by atoms with Gasteiger partial charge < -0.3 is 5.32 Å². The summed E-state index contributed by atoms with van der Waals surface area (Å²) in [6.07, 6.45) is 3.47. The molecule has 0 aromatic heterocycles. The number of hydrogen-bond acceptors (Lipinski definition) is 3. The number of piperidine rings is 1. The van der Waals surface area contributed by atoms with E-state index in [1.165, 1.54) is 17.5 Å². The predicted molar refractivity (Wildman–Crippen MR) is 112 cm³/mol. The molecule has 1 aliphatic rings. The molecule has 1 fully saturated rings. The predicted octanol–water partition coefficient (Wildman–Crippen LogP) is 5.70. The average Bonchev–Trinajstić information content (AvgIpc) is 2.65. The summed E-state index contributed by atoms with van der Waals surface area (Å²) in [5.41, 5.74) is 6.90. The van der Waals surface area contributed by atoms with Crippen molar-refractivity contribution in [3.8, 4) is 0 Å². The molecule has 2 aromatic carbocycles. The van der Waals surface area contributed by atoms with E-state index < -0.39 is 0 Å². The lowest BCUT2D eigenvalue weighted by atomic mass is 9.93. The van der Waals surface area contributed by atoms with Gasteiger partial charge in [0.15, 0.2) is 0 Å². The van der Waals surface area contributed by atoms with Crippen LogP contribution in [0.25, 0.3) is 0 Å². The Labute approximate surface area is 157 Å². The first kappa shape index (κ1) is 18.5. The molecule has 1 heterocycles. The van der Waals surface area contributed by atoms with Crippen molar-refractivity contribution in [3.63, 3.8) is 0 Å². The first-order valence-electron chi connectivity index (χ1n) is 9.52. The van der Waals surface area contributed by atoms with Crippen molar-refractivity contribution < 1.29 is 0 Å². The van der Waals surface area contributed by atoms with Crippen LogP contribution in [-0.4, -0.2) is 23.5 Å². The minimum Gasteiger partial charge on any atom is -0.301 e. The second-order valence-electron chi connectivity index (χ2n) is 7.28. The molecule has 1 aliphatic heterocycles. The lowest BCUT2D eigenvalue weighted by Crippen LogP contribution is -2.49. The summed E-state index contributed by atoms with van der Waals surface area (Å²) in [4.78, 5) is 9.78. The second-order valence-corrected chi connectivity index (χ2v) is 7.28. The number of aliphatic imine (C=N–C) groups is 2. The summed E-state index contributed by atoms with van der Waals surface area (Å²) in [5.74, 6) is 0. The molecule has 0 aliphatic carbocycles. The van der Waals surface area contributed by atoms with Gasteiger partial charge in [0.25, 0.3) is 0 Å². The Morgan fingerprint density at radius 3 is 1.62 bits per heavy atom. The zero-order valence-electron chi connectivity index (χ0n) is 16.3. The van der Waals surface area contributed by atoms with Gasteiger partial charge in [-0.3, -0.25) is 9.98 Å². The Morgan fingerprint density at radius 1 is 0.769 bits per heavy atom. The third-order valence-electron chi connectivity index (χ3n) is 5.22. The second kappa shape index (κ2) is 8.41. The van der Waals surface area contributed by atoms with Crippen molar-refractivity contribution in [1.29, 1.82) is 0 Å². The molecule has 3 nitrogen and oxygen atoms in total. The quantitative estimate of drug-likeness (QED) is 0.708. The molecular weight excluding hydrogens is 318 g/mol. The van der Waals surface area contributed by atoms with Crippen LogP contribution < -0.4 is 5.32 Å². The number of nitrogens with one attached hydrogen (secondary N) is 1. The van der Waals surface area contributed by atoms with Crippen molar-refractivity contribution in [2.75, 3.05) is 0 Å². The molecule has 0 bridgehead atoms. The highest BCUT2D eigenvalue weighted by atomic mass is 15.0. The normalized spacial score (nSPS) is 21.7. The van der Waals surface area contributed by atoms with Crippen LogP contribution in [0.1, 0.15) is 44.2 Å². The number of benzene rings is 2. The number of hydrogen-bond donors (Lipinski definition) is 1. The summed E-state index contributed by atoms with van der Waals surface area (Å²) in [5, 5.41) is 3.77. The van der Waals surface area contributed by atoms with Crippen LogP contribution in [0, 0.1) is 13.8 Å². The van der Waals surface area contributed by atoms with E-state index in [1.54, 1.807) is 0 Å². The Hall–Kier alpha value is -2.26. The van der Waals surface area contributed by atoms with Crippen LogP contribution in [0.3, 0.4) is 0 Å². The Bertz CT molecular complexity index is 752. The molecule has 3 heteroatoms. The summed E-state index contributed by atoms with van der Waals surface area (Å²) >= 11 is 0. The maximum Gasteiger partial charge on any atom is 0.0658 e. The van der Waals surface area contributed by atoms with Crippen molar-refractivity contribution in [2.45, 2.75) is 59.0 Å². The molecule has 2 atom stereocenters. The van der Waals surface area contributed by atoms with Crippen molar-refractivity contribution in [3.05, 3.63) is 59.7 Å². The van der Waals surface area contributed by atoms with Gasteiger partial charge in [-0.15, -0.1) is 0 Å². The van der Waals surface area contributed by atoms with Gasteiger partial charge in [0.2, 0.25) is 0 Å². The third-order valence-corrected chi connectivity index (χ3v) is 5.22. The molecule has 1 N–H and O–H groups in total. The van der Waals surface area contributed by atoms with E-state index in [1.807, 2.05) is 0 Å². The molecule has 0 saturated carbocycles. The highest BCUT2D eigenvalue weighted by Gasteiger charge is 2.24. The molecular formula is C23H29N3. The molecule has 2 aromatic rings. The van der Waals surface area contributed by atoms with Gasteiger partial charge in [-0.25, -0.2) is 0 Å². The van der Waals surface area contributed by atoms with Gasteiger partial charge in [0.05, 0.1) is 11.4 Å². The molecule has 2 unspecified atom stereocenters. The van der Waals surface area contributed by atoms with E-state index in [4.69, 9.17) is 9.98 Å². The van der Waals surface area contributed by atoms with Gasteiger partial charge in [0.1, 0.15) is 0 Å². The number of rotatable bonds is 4. The minimum absolute atomic E-state index is 0.315. The van der Waals surface area contributed by atoms with E-state index in [0.29, 0.717) is 12.1 Å². The highest BCUT2D eigenvalue weighted by molar-refractivity contribution is 5.93. The van der Waals surface area contributed by atoms with Gasteiger partial charge in [0, 0.05) is 23.5 Å². The van der Waals surface area contributed by atoms with E-state index in [2.05, 4.69) is 81.5 Å². The first-order chi connectivity index (χ1) is 12.5. The van der Waals surface area contributed by atoms with Gasteiger partial charge >= 0.3 is 0 Å². The molecule has 3 rings (SSSR count). The van der Waals surface area contributed by atoms with Crippen molar-refractivity contribution in [1.82, 2.24) is 5.32 Å². The van der Waals surface area contributed by atoms with Gasteiger partial charge in [-0.1, -0.05) is 36.4 Å². The van der Waals surface area contributed by atoms with Gasteiger partial charge in [-0.05, 0) is 70.2 Å². The minimum atomic E-state index is 0.315. The van der Waals surface area contributed by atoms with Crippen LogP contribution in [0.5, 0.6) is 0 Å². The first-order valence-corrected chi connectivity index (χ1v) is 9.52. The van der Waals surface area contributed by atoms with Gasteiger partial charge in [-0.2, -0.15) is 0 Å². The smallest absolute Gasteiger partial charge is 0.0658 e. The number of para-hydroxylation sites is 2. The van der Waals surface area contributed by atoms with E-state index in [0.717, 1.165) is 35.6 Å². The number of aryl methyl sites for hydroxylation is 2. The molecule has 1 saturated heterocycles. The fraction of sp³-hybridized carbons (Fsp3) is 0.391. The van der Waals surface area contributed by atoms with Crippen LogP contribution >= 0.6 is 0 Å². The van der Waals surface area contributed by atoms with Crippen LogP contribution in [-0.2, 0) is 0 Å². The zero-order chi connectivity index (χ0) is 18.5. The summed E-state index contributed by atoms with van der Waals surface area (Å²) in [6.45, 7) is 8.51. The van der Waals surface area contributed by atoms with Crippen molar-refractivity contribution in [2.24, 2.45) is 9.98 Å². The SMILES string of the molecule is C/C(=N\c1ccccc1C)C1CCCC(/C(C)=N/c2ccccc2C)N1. The van der Waals surface area contributed by atoms with E-state index in [9.17, 15) is 0 Å². The van der Waals surface area contributed by atoms with Crippen LogP contribution in [0.2, 0.25) is 0 Å². The third kappa shape index (κ3) is 4.47. The Kier molecular flexibility index (Phi) is 6.00. The van der Waals surface area contributed by atoms with E-state index in [-0.39, 0.29) is 0 Å². The molecule has 0 radical (unpaired) electrons. The van der Waals surface area contributed by atoms with Crippen LogP contribution in [0.4, 0.5) is 11.4 Å². The lowest BCUT2D eigenvalue weighted by Gasteiger charge is -2.31. The molecule has 0 amide bonds. The standard InChI is InChI=1S/C23H29N3/c1-16-10-5-7-12-20(16)24-18(3)22-14-9-15-23(26-22)19(4)25-21-13-8-6-11-17(21)2/h5-8,10-13,22-23,26H,9,14-15H2,1-4H3/b24-18+,25-19+. The Morgan fingerprint density at radius 2 is 1.19 bits per heavy atom. The molecule has 26 heavy (non-hydrogen) atoms. The monoisotopic (exact) mass is 347 g/mol. The zero-order valence-corrected chi connectivity index (χ0v) is 16.3. The summed E-state index contributed by atoms with van der Waals surface area (Å²) in [6, 6.07) is 17.3. The highest BCUT2D eigenvalue weighted by Crippen LogP contribution is 2.23. The largest absolute Gasteiger partial charge is 0.301 e. The fourth-order valence-corrected chi connectivity index (χ4v) is 3.51.